The molecule has 0 saturated carbocycles. The van der Waals surface area contributed by atoms with E-state index in [1.165, 1.54) is 0 Å². The number of amides is 1. The van der Waals surface area contributed by atoms with Crippen molar-refractivity contribution in [2.24, 2.45) is 0 Å². The molecule has 0 bridgehead atoms. The molecule has 2 aromatic rings. The van der Waals surface area contributed by atoms with Crippen LogP contribution in [-0.2, 0) is 15.1 Å². The lowest BCUT2D eigenvalue weighted by atomic mass is 9.82. The molecule has 1 aliphatic rings. The van der Waals surface area contributed by atoms with Gasteiger partial charge in [-0.25, -0.2) is 0 Å². The van der Waals surface area contributed by atoms with Gasteiger partial charge >= 0.3 is 5.97 Å². The van der Waals surface area contributed by atoms with Crippen LogP contribution in [0.15, 0.2) is 42.5 Å². The zero-order valence-corrected chi connectivity index (χ0v) is 20.4. The summed E-state index contributed by atoms with van der Waals surface area (Å²) in [7, 11) is 0. The first-order valence-corrected chi connectivity index (χ1v) is 12.1. The first kappa shape index (κ1) is 25.3. The molecule has 0 aliphatic heterocycles. The van der Waals surface area contributed by atoms with Crippen LogP contribution >= 0.6 is 0 Å². The van der Waals surface area contributed by atoms with Crippen LogP contribution in [0.4, 0.5) is 0 Å². The van der Waals surface area contributed by atoms with E-state index >= 15 is 0 Å². The van der Waals surface area contributed by atoms with E-state index in [0.29, 0.717) is 12.8 Å². The van der Waals surface area contributed by atoms with Crippen molar-refractivity contribution in [1.82, 2.24) is 5.32 Å². The van der Waals surface area contributed by atoms with Crippen LogP contribution in [0.5, 0.6) is 5.75 Å². The predicted octanol–water partition coefficient (Wildman–Crippen LogP) is 5.49. The molecule has 0 saturated heterocycles. The number of carbonyl (C=O) groups excluding carboxylic acids is 4. The van der Waals surface area contributed by atoms with Crippen molar-refractivity contribution in [3.63, 3.8) is 0 Å². The molecule has 1 N–H and O–H groups in total. The normalized spacial score (nSPS) is 14.3. The third-order valence-corrected chi connectivity index (χ3v) is 6.22. The SMILES string of the molecule is CCCCC(=O)NC1(c2ccc(C(C)C)cc2OC(=O)CCCC)C(=O)c2ccccc2C1=O. The van der Waals surface area contributed by atoms with Crippen LogP contribution in [0.3, 0.4) is 0 Å². The van der Waals surface area contributed by atoms with Gasteiger partial charge in [0.25, 0.3) is 0 Å². The molecule has 0 radical (unpaired) electrons. The molecule has 6 nitrogen and oxygen atoms in total. The zero-order valence-electron chi connectivity index (χ0n) is 20.4. The van der Waals surface area contributed by atoms with Crippen molar-refractivity contribution in [3.8, 4) is 5.75 Å². The molecule has 6 heteroatoms. The molecule has 0 atom stereocenters. The quantitative estimate of drug-likeness (QED) is 0.286. The lowest BCUT2D eigenvalue weighted by molar-refractivity contribution is -0.134. The van der Waals surface area contributed by atoms with Crippen molar-refractivity contribution in [3.05, 3.63) is 64.7 Å². The van der Waals surface area contributed by atoms with Gasteiger partial charge in [-0.15, -0.1) is 0 Å². The number of benzene rings is 2. The number of carbonyl (C=O) groups is 4. The summed E-state index contributed by atoms with van der Waals surface area (Å²) < 4.78 is 5.74. The third kappa shape index (κ3) is 4.81. The van der Waals surface area contributed by atoms with E-state index < -0.39 is 29.0 Å². The highest BCUT2D eigenvalue weighted by Crippen LogP contribution is 2.42. The molecule has 180 valence electrons. The second-order valence-corrected chi connectivity index (χ2v) is 9.09. The second kappa shape index (κ2) is 10.8. The summed E-state index contributed by atoms with van der Waals surface area (Å²) in [4.78, 5) is 53.1. The van der Waals surface area contributed by atoms with E-state index in [2.05, 4.69) is 5.32 Å². The molecule has 1 amide bonds. The van der Waals surface area contributed by atoms with Crippen LogP contribution < -0.4 is 10.1 Å². The van der Waals surface area contributed by atoms with E-state index in [0.717, 1.165) is 18.4 Å². The van der Waals surface area contributed by atoms with Gasteiger partial charge in [-0.05, 0) is 30.4 Å². The zero-order chi connectivity index (χ0) is 24.9. The highest BCUT2D eigenvalue weighted by Gasteiger charge is 2.56. The number of Topliss-reactive ketones (excluding diaryl/α,β-unsaturated/α-hetero) is 2. The smallest absolute Gasteiger partial charge is 0.311 e. The molecular weight excluding hydrogens is 430 g/mol. The molecule has 0 fully saturated rings. The summed E-state index contributed by atoms with van der Waals surface area (Å²) in [5.41, 5.74) is -0.383. The minimum Gasteiger partial charge on any atom is -0.426 e. The second-order valence-electron chi connectivity index (χ2n) is 9.09. The van der Waals surface area contributed by atoms with Crippen LogP contribution in [0, 0.1) is 0 Å². The number of ketones is 2. The molecule has 3 rings (SSSR count). The van der Waals surface area contributed by atoms with Crippen molar-refractivity contribution in [1.29, 1.82) is 0 Å². The van der Waals surface area contributed by atoms with Gasteiger partial charge in [-0.3, -0.25) is 19.2 Å². The Hall–Kier alpha value is -3.28. The molecule has 0 heterocycles. The maximum Gasteiger partial charge on any atom is 0.311 e. The van der Waals surface area contributed by atoms with Gasteiger partial charge in [-0.1, -0.05) is 76.9 Å². The molecule has 1 aliphatic carbocycles. The molecule has 0 unspecified atom stereocenters. The standard InChI is InChI=1S/C28H33NO5/c1-5-7-13-24(30)29-28(26(32)20-11-9-10-12-21(20)27(28)33)22-16-15-19(18(3)4)17-23(22)34-25(31)14-8-6-2/h9-12,15-18H,5-8,13-14H2,1-4H3,(H,29,30). The third-order valence-electron chi connectivity index (χ3n) is 6.22. The molecule has 0 spiro atoms. The first-order chi connectivity index (χ1) is 16.3. The maximum absolute atomic E-state index is 13.8. The number of hydrogen-bond acceptors (Lipinski definition) is 5. The lowest BCUT2D eigenvalue weighted by Crippen LogP contribution is -2.54. The lowest BCUT2D eigenvalue weighted by Gasteiger charge is -2.30. The van der Waals surface area contributed by atoms with Gasteiger partial charge < -0.3 is 10.1 Å². The fourth-order valence-corrected chi connectivity index (χ4v) is 4.21. The van der Waals surface area contributed by atoms with Gasteiger partial charge in [0.1, 0.15) is 5.75 Å². The van der Waals surface area contributed by atoms with Crippen molar-refractivity contribution in [2.45, 2.75) is 77.7 Å². The molecule has 0 aromatic heterocycles. The van der Waals surface area contributed by atoms with E-state index in [-0.39, 0.29) is 41.2 Å². The molecular formula is C28H33NO5. The summed E-state index contributed by atoms with van der Waals surface area (Å²) >= 11 is 0. The van der Waals surface area contributed by atoms with Gasteiger partial charge in [0.05, 0.1) is 0 Å². The fraction of sp³-hybridized carbons (Fsp3) is 0.429. The average molecular weight is 464 g/mol. The predicted molar refractivity (Wildman–Crippen MR) is 130 cm³/mol. The van der Waals surface area contributed by atoms with E-state index in [1.54, 1.807) is 36.4 Å². The Labute approximate surface area is 201 Å². The monoisotopic (exact) mass is 463 g/mol. The number of fused-ring (bicyclic) bond motifs is 1. The maximum atomic E-state index is 13.8. The minimum absolute atomic E-state index is 0.129. The Balaban J connectivity index is 2.18. The fourth-order valence-electron chi connectivity index (χ4n) is 4.21. The Morgan fingerprint density at radius 1 is 0.912 bits per heavy atom. The molecule has 2 aromatic carbocycles. The number of nitrogens with one attached hydrogen (secondary N) is 1. The average Bonchev–Trinajstić information content (AvgIpc) is 3.03. The van der Waals surface area contributed by atoms with E-state index in [9.17, 15) is 19.2 Å². The van der Waals surface area contributed by atoms with E-state index in [1.807, 2.05) is 33.8 Å². The van der Waals surface area contributed by atoms with E-state index in [4.69, 9.17) is 4.74 Å². The molecule has 34 heavy (non-hydrogen) atoms. The Morgan fingerprint density at radius 2 is 1.50 bits per heavy atom. The van der Waals surface area contributed by atoms with Crippen LogP contribution in [0.1, 0.15) is 104 Å². The summed E-state index contributed by atoms with van der Waals surface area (Å²) in [6.07, 6.45) is 3.33. The highest BCUT2D eigenvalue weighted by atomic mass is 16.5. The topological polar surface area (TPSA) is 89.5 Å². The summed E-state index contributed by atoms with van der Waals surface area (Å²) in [5.74, 6) is -1.59. The van der Waals surface area contributed by atoms with Gasteiger partial charge in [0.2, 0.25) is 17.5 Å². The van der Waals surface area contributed by atoms with Crippen LogP contribution in [-0.4, -0.2) is 23.4 Å². The largest absolute Gasteiger partial charge is 0.426 e. The minimum atomic E-state index is -1.97. The number of hydrogen-bond donors (Lipinski definition) is 1. The Bertz CT molecular complexity index is 1070. The number of esters is 1. The highest BCUT2D eigenvalue weighted by molar-refractivity contribution is 6.34. The Kier molecular flexibility index (Phi) is 8.02. The van der Waals surface area contributed by atoms with Crippen LogP contribution in [0.25, 0.3) is 0 Å². The summed E-state index contributed by atoms with van der Waals surface area (Å²) in [6.45, 7) is 7.94. The van der Waals surface area contributed by atoms with Crippen molar-refractivity contribution >= 4 is 23.4 Å². The summed E-state index contributed by atoms with van der Waals surface area (Å²) in [5, 5.41) is 2.77. The van der Waals surface area contributed by atoms with Gasteiger partial charge in [0, 0.05) is 29.5 Å². The van der Waals surface area contributed by atoms with Gasteiger partial charge in [0.15, 0.2) is 5.54 Å². The summed E-state index contributed by atoms with van der Waals surface area (Å²) in [6, 6.07) is 11.7. The van der Waals surface area contributed by atoms with Crippen molar-refractivity contribution < 1.29 is 23.9 Å². The van der Waals surface area contributed by atoms with Crippen molar-refractivity contribution in [2.75, 3.05) is 0 Å². The number of unbranched alkanes of at least 4 members (excludes halogenated alkanes) is 2. The van der Waals surface area contributed by atoms with Gasteiger partial charge in [-0.2, -0.15) is 0 Å². The van der Waals surface area contributed by atoms with Crippen LogP contribution in [0.2, 0.25) is 0 Å². The Morgan fingerprint density at radius 3 is 2.06 bits per heavy atom. The number of rotatable bonds is 10. The number of ether oxygens (including phenoxy) is 1. The first-order valence-electron chi connectivity index (χ1n) is 12.1.